The first-order valence-electron chi connectivity index (χ1n) is 2.75. The van der Waals surface area contributed by atoms with Crippen molar-refractivity contribution in [2.24, 2.45) is 0 Å². The lowest BCUT2D eigenvalue weighted by atomic mass is 10.3. The number of nitrogens with one attached hydrogen (secondary N) is 1. The first-order chi connectivity index (χ1) is 4.38. The lowest BCUT2D eigenvalue weighted by Gasteiger charge is -1.72. The summed E-state index contributed by atoms with van der Waals surface area (Å²) in [6.07, 6.45) is 0. The Bertz CT molecular complexity index is 320. The van der Waals surface area contributed by atoms with E-state index in [4.69, 9.17) is 0 Å². The van der Waals surface area contributed by atoms with Gasteiger partial charge in [0.1, 0.15) is 0 Å². The van der Waals surface area contributed by atoms with Gasteiger partial charge in [-0.15, -0.1) is 11.3 Å². The van der Waals surface area contributed by atoms with Crippen LogP contribution >= 0.6 is 11.3 Å². The van der Waals surface area contributed by atoms with E-state index >= 15 is 0 Å². The lowest BCUT2D eigenvalue weighted by molar-refractivity contribution is 1.07. The fraction of sp³-hybridized carbons (Fsp3) is 0.167. The van der Waals surface area contributed by atoms with Crippen LogP contribution in [0.15, 0.2) is 10.8 Å². The van der Waals surface area contributed by atoms with Gasteiger partial charge in [0.25, 0.3) is 0 Å². The molecule has 0 spiro atoms. The Morgan fingerprint density at radius 2 is 2.44 bits per heavy atom. The molecule has 0 atom stereocenters. The minimum Gasteiger partial charge on any atom is -0.277 e. The van der Waals surface area contributed by atoms with Crippen LogP contribution in [0, 0.1) is 6.92 Å². The van der Waals surface area contributed by atoms with Crippen molar-refractivity contribution in [2.45, 2.75) is 6.92 Å². The van der Waals surface area contributed by atoms with Crippen molar-refractivity contribution in [3.8, 4) is 0 Å². The predicted molar refractivity (Wildman–Crippen MR) is 38.7 cm³/mol. The smallest absolute Gasteiger partial charge is 0.0760 e. The first kappa shape index (κ1) is 4.99. The average molecular weight is 138 g/mol. The van der Waals surface area contributed by atoms with Crippen LogP contribution in [0.1, 0.15) is 5.69 Å². The summed E-state index contributed by atoms with van der Waals surface area (Å²) in [4.78, 5) is 0. The maximum Gasteiger partial charge on any atom is 0.0760 e. The van der Waals surface area contributed by atoms with Crippen LogP contribution in [0.2, 0.25) is 0 Å². The van der Waals surface area contributed by atoms with E-state index < -0.39 is 0 Å². The number of fused-ring (bicyclic) bond motifs is 1. The molecule has 2 rings (SSSR count). The Kier molecular flexibility index (Phi) is 0.873. The van der Waals surface area contributed by atoms with Gasteiger partial charge in [-0.25, -0.2) is 0 Å². The number of hydrogen-bond acceptors (Lipinski definition) is 2. The number of aromatic amines is 1. The SMILES string of the molecule is Cc1n[nH]c2cscc12. The van der Waals surface area contributed by atoms with Gasteiger partial charge in [-0.05, 0) is 6.92 Å². The summed E-state index contributed by atoms with van der Waals surface area (Å²) in [5.41, 5.74) is 2.24. The Hall–Kier alpha value is -0.830. The van der Waals surface area contributed by atoms with Crippen LogP contribution < -0.4 is 0 Å². The molecular weight excluding hydrogens is 132 g/mol. The van der Waals surface area contributed by atoms with Gasteiger partial charge in [0.15, 0.2) is 0 Å². The largest absolute Gasteiger partial charge is 0.277 e. The molecule has 0 aliphatic carbocycles. The number of aromatic nitrogens is 2. The highest BCUT2D eigenvalue weighted by atomic mass is 32.1. The van der Waals surface area contributed by atoms with Crippen molar-refractivity contribution in [3.05, 3.63) is 16.5 Å². The molecule has 0 unspecified atom stereocenters. The molecule has 46 valence electrons. The van der Waals surface area contributed by atoms with Gasteiger partial charge in [0.2, 0.25) is 0 Å². The minimum atomic E-state index is 1.09. The van der Waals surface area contributed by atoms with Gasteiger partial charge >= 0.3 is 0 Å². The van der Waals surface area contributed by atoms with Crippen LogP contribution in [-0.2, 0) is 0 Å². The quantitative estimate of drug-likeness (QED) is 0.592. The molecule has 0 saturated carbocycles. The van der Waals surface area contributed by atoms with Gasteiger partial charge < -0.3 is 0 Å². The van der Waals surface area contributed by atoms with E-state index in [1.165, 1.54) is 5.39 Å². The molecule has 2 nitrogen and oxygen atoms in total. The average Bonchev–Trinajstić information content (AvgIpc) is 2.35. The van der Waals surface area contributed by atoms with Crippen LogP contribution in [0.5, 0.6) is 0 Å². The summed E-state index contributed by atoms with van der Waals surface area (Å²) < 4.78 is 0. The van der Waals surface area contributed by atoms with Gasteiger partial charge in [-0.2, -0.15) is 5.10 Å². The third kappa shape index (κ3) is 0.580. The zero-order valence-corrected chi connectivity index (χ0v) is 5.83. The second kappa shape index (κ2) is 1.57. The molecular formula is C6H6N2S. The van der Waals surface area contributed by atoms with E-state index in [1.807, 2.05) is 6.92 Å². The van der Waals surface area contributed by atoms with Crippen molar-refractivity contribution in [1.82, 2.24) is 10.2 Å². The van der Waals surface area contributed by atoms with Crippen molar-refractivity contribution in [2.75, 3.05) is 0 Å². The topological polar surface area (TPSA) is 28.7 Å². The Morgan fingerprint density at radius 3 is 3.22 bits per heavy atom. The van der Waals surface area contributed by atoms with E-state index in [9.17, 15) is 0 Å². The summed E-state index contributed by atoms with van der Waals surface area (Å²) in [5.74, 6) is 0. The maximum absolute atomic E-state index is 4.04. The van der Waals surface area contributed by atoms with Crippen LogP contribution in [0.3, 0.4) is 0 Å². The van der Waals surface area contributed by atoms with E-state index in [-0.39, 0.29) is 0 Å². The molecule has 2 heterocycles. The normalized spacial score (nSPS) is 10.8. The molecule has 0 fully saturated rings. The monoisotopic (exact) mass is 138 g/mol. The molecule has 0 aliphatic heterocycles. The second-order valence-corrected chi connectivity index (χ2v) is 2.75. The minimum absolute atomic E-state index is 1.09. The number of hydrogen-bond donors (Lipinski definition) is 1. The summed E-state index contributed by atoms with van der Waals surface area (Å²) in [7, 11) is 0. The van der Waals surface area contributed by atoms with E-state index in [1.54, 1.807) is 11.3 Å². The van der Waals surface area contributed by atoms with Crippen molar-refractivity contribution >= 4 is 22.2 Å². The molecule has 0 aliphatic rings. The molecule has 0 saturated heterocycles. The lowest BCUT2D eigenvalue weighted by Crippen LogP contribution is -1.67. The summed E-state index contributed by atoms with van der Waals surface area (Å²) in [6, 6.07) is 0. The van der Waals surface area contributed by atoms with Crippen LogP contribution in [0.25, 0.3) is 10.9 Å². The predicted octanol–water partition coefficient (Wildman–Crippen LogP) is 1.93. The molecule has 2 aromatic rings. The van der Waals surface area contributed by atoms with E-state index in [0.717, 1.165) is 11.2 Å². The standard InChI is InChI=1S/C6H6N2S/c1-4-5-2-9-3-6(5)8-7-4/h2-3,8H,1H3. The maximum atomic E-state index is 4.04. The highest BCUT2D eigenvalue weighted by Crippen LogP contribution is 2.18. The number of H-pyrrole nitrogens is 1. The summed E-state index contributed by atoms with van der Waals surface area (Å²) in [5, 5.41) is 12.4. The summed E-state index contributed by atoms with van der Waals surface area (Å²) in [6.45, 7) is 2.01. The van der Waals surface area contributed by atoms with E-state index in [0.29, 0.717) is 0 Å². The molecule has 0 bridgehead atoms. The fourth-order valence-corrected chi connectivity index (χ4v) is 1.69. The van der Waals surface area contributed by atoms with Gasteiger partial charge in [0, 0.05) is 16.1 Å². The Morgan fingerprint density at radius 1 is 1.56 bits per heavy atom. The third-order valence-corrected chi connectivity index (χ3v) is 2.14. The second-order valence-electron chi connectivity index (χ2n) is 2.01. The van der Waals surface area contributed by atoms with Gasteiger partial charge in [-0.1, -0.05) is 0 Å². The van der Waals surface area contributed by atoms with Crippen molar-refractivity contribution in [1.29, 1.82) is 0 Å². The fourth-order valence-electron chi connectivity index (χ4n) is 0.868. The first-order valence-corrected chi connectivity index (χ1v) is 3.69. The molecule has 3 heteroatoms. The number of aryl methyl sites for hydroxylation is 1. The molecule has 9 heavy (non-hydrogen) atoms. The van der Waals surface area contributed by atoms with Crippen molar-refractivity contribution in [3.63, 3.8) is 0 Å². The highest BCUT2D eigenvalue weighted by Gasteiger charge is 1.98. The zero-order chi connectivity index (χ0) is 6.27. The van der Waals surface area contributed by atoms with Crippen LogP contribution in [0.4, 0.5) is 0 Å². The number of thiophene rings is 1. The Balaban J connectivity index is 2.99. The molecule has 1 N–H and O–H groups in total. The van der Waals surface area contributed by atoms with Gasteiger partial charge in [-0.3, -0.25) is 5.10 Å². The molecule has 0 aromatic carbocycles. The van der Waals surface area contributed by atoms with E-state index in [2.05, 4.69) is 21.0 Å². The third-order valence-electron chi connectivity index (χ3n) is 1.40. The van der Waals surface area contributed by atoms with Gasteiger partial charge in [0.05, 0.1) is 11.2 Å². The molecule has 2 aromatic heterocycles. The molecule has 0 radical (unpaired) electrons. The van der Waals surface area contributed by atoms with Crippen molar-refractivity contribution < 1.29 is 0 Å². The molecule has 0 amide bonds. The summed E-state index contributed by atoms with van der Waals surface area (Å²) >= 11 is 1.70. The Labute approximate surface area is 56.5 Å². The number of nitrogens with zero attached hydrogens (tertiary/aromatic N) is 1. The highest BCUT2D eigenvalue weighted by molar-refractivity contribution is 7.09. The number of rotatable bonds is 0. The zero-order valence-electron chi connectivity index (χ0n) is 5.01. The van der Waals surface area contributed by atoms with Crippen LogP contribution in [-0.4, -0.2) is 10.2 Å².